The monoisotopic (exact) mass is 285 g/mol. The van der Waals surface area contributed by atoms with Crippen molar-refractivity contribution in [2.75, 3.05) is 5.75 Å². The summed E-state index contributed by atoms with van der Waals surface area (Å²) in [5, 5.41) is 9.92. The summed E-state index contributed by atoms with van der Waals surface area (Å²) in [5.74, 6) is 0.456. The minimum absolute atomic E-state index is 0.232. The Morgan fingerprint density at radius 1 is 1.26 bits per heavy atom. The van der Waals surface area contributed by atoms with Crippen LogP contribution in [0.3, 0.4) is 0 Å². The van der Waals surface area contributed by atoms with Crippen molar-refractivity contribution in [3.05, 3.63) is 30.1 Å². The Labute approximate surface area is 111 Å². The molecule has 0 aliphatic carbocycles. The van der Waals surface area contributed by atoms with E-state index in [-0.39, 0.29) is 5.75 Å². The zero-order valence-corrected chi connectivity index (χ0v) is 11.5. The number of nitrogens with zero attached hydrogens (tertiary/aromatic N) is 2. The molecule has 0 saturated heterocycles. The topological polar surface area (TPSA) is 83.4 Å². The molecular weight excluding hydrogens is 268 g/mol. The maximum absolute atomic E-state index is 10.6. The van der Waals surface area contributed by atoms with E-state index in [1.54, 1.807) is 6.92 Å². The molecule has 19 heavy (non-hydrogen) atoms. The number of rotatable bonds is 5. The van der Waals surface area contributed by atoms with Crippen molar-refractivity contribution >= 4 is 21.2 Å². The number of aromatic nitrogens is 2. The van der Waals surface area contributed by atoms with Crippen LogP contribution in [0.1, 0.15) is 18.7 Å². The molecule has 1 heterocycles. The summed E-state index contributed by atoms with van der Waals surface area (Å²) in [6.45, 7) is 2.39. The summed E-state index contributed by atoms with van der Waals surface area (Å²) >= 11 is 0. The third-order valence-corrected chi connectivity index (χ3v) is 3.94. The van der Waals surface area contributed by atoms with Crippen LogP contribution in [0, 0.1) is 6.92 Å². The Morgan fingerprint density at radius 3 is 2.63 bits per heavy atom. The first kappa shape index (κ1) is 13.8. The highest BCUT2D eigenvalue weighted by molar-refractivity contribution is 7.85. The summed E-state index contributed by atoms with van der Waals surface area (Å²) in [6.07, 6.45) is 0.996. The summed E-state index contributed by atoms with van der Waals surface area (Å²) in [4.78, 5) is 0. The molecule has 2 aromatic rings. The van der Waals surface area contributed by atoms with Gasteiger partial charge in [0.05, 0.1) is 12.3 Å². The fourth-order valence-corrected chi connectivity index (χ4v) is 2.74. The van der Waals surface area contributed by atoms with Crippen LogP contribution >= 0.6 is 0 Å². The van der Waals surface area contributed by atoms with Crippen molar-refractivity contribution in [3.63, 3.8) is 0 Å². The molecule has 6 nitrogen and oxygen atoms in total. The number of hydrogen-bond acceptors (Lipinski definition) is 3. The van der Waals surface area contributed by atoms with E-state index < -0.39 is 10.1 Å². The maximum atomic E-state index is 10.6. The summed E-state index contributed by atoms with van der Waals surface area (Å²) in [7, 11) is -3.89. The van der Waals surface area contributed by atoms with Crippen molar-refractivity contribution in [2.45, 2.75) is 26.3 Å². The number of hydrogen-bond donors (Lipinski definition) is 2. The standard InChI is InChI=1S/C12H16N2O4S/c1-10-13(8-4-5-9-19(16,17)18)11-6-2-3-7-12(11)14(10)15/h2-3,6-7H,4-5,8-9H2,1H3,(H-,15,16,17,18)/p+1. The van der Waals surface area contributed by atoms with Crippen molar-refractivity contribution in [2.24, 2.45) is 0 Å². The van der Waals surface area contributed by atoms with Gasteiger partial charge in [0.1, 0.15) is 0 Å². The lowest BCUT2D eigenvalue weighted by atomic mass is 10.3. The third kappa shape index (κ3) is 3.05. The lowest BCUT2D eigenvalue weighted by Crippen LogP contribution is -2.36. The second-order valence-electron chi connectivity index (χ2n) is 4.49. The van der Waals surface area contributed by atoms with Crippen LogP contribution in [-0.4, -0.2) is 28.7 Å². The minimum atomic E-state index is -3.89. The van der Waals surface area contributed by atoms with Gasteiger partial charge in [-0.3, -0.25) is 4.55 Å². The lowest BCUT2D eigenvalue weighted by Gasteiger charge is -1.99. The molecule has 1 aromatic carbocycles. The van der Waals surface area contributed by atoms with E-state index in [1.807, 2.05) is 28.8 Å². The van der Waals surface area contributed by atoms with E-state index in [4.69, 9.17) is 4.55 Å². The lowest BCUT2D eigenvalue weighted by molar-refractivity contribution is -0.680. The Hall–Kier alpha value is -1.60. The number of benzene rings is 1. The highest BCUT2D eigenvalue weighted by atomic mass is 32.2. The largest absolute Gasteiger partial charge is 0.349 e. The molecule has 104 valence electrons. The summed E-state index contributed by atoms with van der Waals surface area (Å²) in [6, 6.07) is 7.45. The Bertz CT molecular complexity index is 691. The molecule has 0 spiro atoms. The molecule has 0 aliphatic rings. The molecule has 0 fully saturated rings. The van der Waals surface area contributed by atoms with Crippen LogP contribution in [0.4, 0.5) is 0 Å². The predicted octanol–water partition coefficient (Wildman–Crippen LogP) is 1.14. The highest BCUT2D eigenvalue weighted by Gasteiger charge is 2.20. The van der Waals surface area contributed by atoms with Gasteiger partial charge in [-0.15, -0.1) is 0 Å². The molecule has 0 bridgehead atoms. The van der Waals surface area contributed by atoms with Crippen LogP contribution in [0.25, 0.3) is 11.0 Å². The molecule has 0 radical (unpaired) electrons. The Morgan fingerprint density at radius 2 is 1.95 bits per heavy atom. The van der Waals surface area contributed by atoms with E-state index >= 15 is 0 Å². The molecule has 7 heteroatoms. The van der Waals surface area contributed by atoms with Gasteiger partial charge >= 0.3 is 0 Å². The maximum Gasteiger partial charge on any atom is 0.294 e. The highest BCUT2D eigenvalue weighted by Crippen LogP contribution is 2.12. The number of imidazole rings is 1. The average molecular weight is 285 g/mol. The van der Waals surface area contributed by atoms with E-state index in [2.05, 4.69) is 0 Å². The van der Waals surface area contributed by atoms with E-state index in [1.165, 1.54) is 0 Å². The van der Waals surface area contributed by atoms with Gasteiger partial charge in [-0.05, 0) is 29.7 Å². The van der Waals surface area contributed by atoms with Gasteiger partial charge in [-0.25, -0.2) is 4.57 Å². The van der Waals surface area contributed by atoms with E-state index in [0.29, 0.717) is 25.2 Å². The Kier molecular flexibility index (Phi) is 3.77. The molecule has 2 N–H and O–H groups in total. The first-order chi connectivity index (χ1) is 8.90. The van der Waals surface area contributed by atoms with Gasteiger partial charge in [-0.1, -0.05) is 12.1 Å². The van der Waals surface area contributed by atoms with Crippen LogP contribution < -0.4 is 4.57 Å². The number of para-hydroxylation sites is 2. The van der Waals surface area contributed by atoms with Crippen LogP contribution in [-0.2, 0) is 16.7 Å². The van der Waals surface area contributed by atoms with Gasteiger partial charge in [0.25, 0.3) is 15.9 Å². The molecule has 0 amide bonds. The molecule has 0 unspecified atom stereocenters. The zero-order chi connectivity index (χ0) is 14.0. The molecule has 0 atom stereocenters. The normalized spacial score (nSPS) is 12.1. The molecule has 1 aromatic heterocycles. The van der Waals surface area contributed by atoms with Gasteiger partial charge in [0.2, 0.25) is 5.52 Å². The molecule has 0 saturated carbocycles. The summed E-state index contributed by atoms with van der Waals surface area (Å²) < 4.78 is 33.0. The fraction of sp³-hybridized carbons (Fsp3) is 0.417. The average Bonchev–Trinajstić information content (AvgIpc) is 2.58. The van der Waals surface area contributed by atoms with E-state index in [0.717, 1.165) is 15.8 Å². The first-order valence-corrected chi connectivity index (χ1v) is 7.65. The van der Waals surface area contributed by atoms with Crippen LogP contribution in [0.15, 0.2) is 24.3 Å². The third-order valence-electron chi connectivity index (χ3n) is 3.13. The van der Waals surface area contributed by atoms with Gasteiger partial charge in [-0.2, -0.15) is 8.42 Å². The van der Waals surface area contributed by atoms with Gasteiger partial charge < -0.3 is 5.21 Å². The fourth-order valence-electron chi connectivity index (χ4n) is 2.17. The molecular formula is C12H17N2O4S+. The summed E-state index contributed by atoms with van der Waals surface area (Å²) in [5.41, 5.74) is 1.61. The smallest absolute Gasteiger partial charge is 0.294 e. The molecule has 2 rings (SSSR count). The number of aryl methyl sites for hydroxylation is 1. The van der Waals surface area contributed by atoms with Crippen LogP contribution in [0.5, 0.6) is 0 Å². The van der Waals surface area contributed by atoms with Crippen molar-refractivity contribution in [1.29, 1.82) is 0 Å². The van der Waals surface area contributed by atoms with Crippen LogP contribution in [0.2, 0.25) is 0 Å². The van der Waals surface area contributed by atoms with Gasteiger partial charge in [0, 0.05) is 6.92 Å². The van der Waals surface area contributed by atoms with Crippen molar-refractivity contribution < 1.29 is 22.7 Å². The Balaban J connectivity index is 2.15. The van der Waals surface area contributed by atoms with Crippen molar-refractivity contribution in [3.8, 4) is 0 Å². The SMILES string of the molecule is Cc1n(O)c2ccccc2[n+]1CCCCS(=O)(=O)O. The first-order valence-electron chi connectivity index (χ1n) is 6.04. The zero-order valence-electron chi connectivity index (χ0n) is 10.7. The quantitative estimate of drug-likeness (QED) is 0.373. The number of fused-ring (bicyclic) bond motifs is 1. The predicted molar refractivity (Wildman–Crippen MR) is 69.7 cm³/mol. The van der Waals surface area contributed by atoms with Gasteiger partial charge in [0.15, 0.2) is 5.52 Å². The minimum Gasteiger partial charge on any atom is -0.349 e. The second kappa shape index (κ2) is 5.18. The van der Waals surface area contributed by atoms with Crippen molar-refractivity contribution in [1.82, 2.24) is 4.73 Å². The second-order valence-corrected chi connectivity index (χ2v) is 6.06. The van der Waals surface area contributed by atoms with E-state index in [9.17, 15) is 13.6 Å². The molecule has 0 aliphatic heterocycles. The number of unbranched alkanes of at least 4 members (excludes halogenated alkanes) is 1.